The highest BCUT2D eigenvalue weighted by molar-refractivity contribution is 7.15. The van der Waals surface area contributed by atoms with Crippen LogP contribution in [0.15, 0.2) is 0 Å². The number of anilines is 1. The third kappa shape index (κ3) is 3.69. The van der Waals surface area contributed by atoms with Crippen molar-refractivity contribution in [2.75, 3.05) is 18.0 Å². The van der Waals surface area contributed by atoms with Crippen molar-refractivity contribution >= 4 is 16.5 Å². The second-order valence-corrected chi connectivity index (χ2v) is 6.27. The molecular formula is C14H26N2OS. The molecule has 0 amide bonds. The molecule has 0 aromatic carbocycles. The minimum Gasteiger partial charge on any atom is -0.391 e. The Morgan fingerprint density at radius 1 is 1.28 bits per heavy atom. The number of hydrogen-bond acceptors (Lipinski definition) is 4. The molecule has 0 spiro atoms. The van der Waals surface area contributed by atoms with Crippen molar-refractivity contribution in [3.05, 3.63) is 10.6 Å². The van der Waals surface area contributed by atoms with Crippen molar-refractivity contribution < 1.29 is 5.11 Å². The van der Waals surface area contributed by atoms with Gasteiger partial charge in [-0.1, -0.05) is 39.0 Å². The van der Waals surface area contributed by atoms with Crippen LogP contribution in [0.4, 0.5) is 5.13 Å². The normalized spacial score (nSPS) is 13.1. The van der Waals surface area contributed by atoms with Crippen LogP contribution in [-0.2, 0) is 6.61 Å². The average molecular weight is 270 g/mol. The molecule has 4 heteroatoms. The zero-order valence-electron chi connectivity index (χ0n) is 12.2. The summed E-state index contributed by atoms with van der Waals surface area (Å²) in [5.74, 6) is 1.05. The quantitative estimate of drug-likeness (QED) is 0.822. The number of hydrogen-bond donors (Lipinski definition) is 1. The van der Waals surface area contributed by atoms with E-state index >= 15 is 0 Å². The van der Waals surface area contributed by atoms with Crippen LogP contribution in [0.1, 0.15) is 57.5 Å². The Bertz CT molecular complexity index is 363. The largest absolute Gasteiger partial charge is 0.391 e. The van der Waals surface area contributed by atoms with E-state index in [1.807, 2.05) is 0 Å². The molecule has 0 saturated carbocycles. The number of aliphatic hydroxyl groups is 1. The molecule has 0 aliphatic heterocycles. The number of thiazole rings is 1. The van der Waals surface area contributed by atoms with Crippen molar-refractivity contribution in [1.29, 1.82) is 0 Å². The third-order valence-electron chi connectivity index (χ3n) is 3.18. The summed E-state index contributed by atoms with van der Waals surface area (Å²) < 4.78 is 0. The fourth-order valence-electron chi connectivity index (χ4n) is 1.96. The second-order valence-electron chi connectivity index (χ2n) is 5.20. The highest BCUT2D eigenvalue weighted by Gasteiger charge is 2.18. The van der Waals surface area contributed by atoms with E-state index in [2.05, 4.69) is 39.5 Å². The molecule has 0 bridgehead atoms. The van der Waals surface area contributed by atoms with Crippen LogP contribution in [0.2, 0.25) is 0 Å². The maximum Gasteiger partial charge on any atom is 0.185 e. The summed E-state index contributed by atoms with van der Waals surface area (Å²) in [6.45, 7) is 13.0. The zero-order valence-corrected chi connectivity index (χ0v) is 13.0. The predicted molar refractivity (Wildman–Crippen MR) is 79.5 cm³/mol. The van der Waals surface area contributed by atoms with Crippen molar-refractivity contribution in [3.8, 4) is 0 Å². The van der Waals surface area contributed by atoms with Gasteiger partial charge in [-0.15, -0.1) is 0 Å². The Morgan fingerprint density at radius 2 is 1.94 bits per heavy atom. The van der Waals surface area contributed by atoms with Crippen molar-refractivity contribution in [2.24, 2.45) is 5.92 Å². The number of rotatable bonds is 7. The summed E-state index contributed by atoms with van der Waals surface area (Å²) in [6, 6.07) is 0. The predicted octanol–water partition coefficient (Wildman–Crippen LogP) is 3.63. The molecule has 0 aliphatic carbocycles. The monoisotopic (exact) mass is 270 g/mol. The molecule has 0 fully saturated rings. The Morgan fingerprint density at radius 3 is 2.39 bits per heavy atom. The van der Waals surface area contributed by atoms with Gasteiger partial charge in [0.15, 0.2) is 5.13 Å². The topological polar surface area (TPSA) is 36.4 Å². The molecule has 3 nitrogen and oxygen atoms in total. The van der Waals surface area contributed by atoms with Crippen LogP contribution in [-0.4, -0.2) is 23.2 Å². The molecule has 1 unspecified atom stereocenters. The van der Waals surface area contributed by atoms with Crippen LogP contribution in [0.5, 0.6) is 0 Å². The summed E-state index contributed by atoms with van der Waals surface area (Å²) in [5.41, 5.74) is 1.09. The molecule has 104 valence electrons. The van der Waals surface area contributed by atoms with E-state index < -0.39 is 0 Å². The molecule has 1 aromatic rings. The molecule has 1 atom stereocenters. The van der Waals surface area contributed by atoms with E-state index in [9.17, 15) is 5.11 Å². The molecule has 1 rings (SSSR count). The summed E-state index contributed by atoms with van der Waals surface area (Å²) >= 11 is 1.64. The minimum absolute atomic E-state index is 0.108. The van der Waals surface area contributed by atoms with E-state index in [0.717, 1.165) is 35.2 Å². The molecular weight excluding hydrogens is 244 g/mol. The van der Waals surface area contributed by atoms with Gasteiger partial charge in [0.05, 0.1) is 17.2 Å². The van der Waals surface area contributed by atoms with E-state index in [1.54, 1.807) is 11.3 Å². The first-order valence-corrected chi connectivity index (χ1v) is 7.70. The van der Waals surface area contributed by atoms with E-state index in [1.165, 1.54) is 0 Å². The fraction of sp³-hybridized carbons (Fsp3) is 0.786. The van der Waals surface area contributed by atoms with Gasteiger partial charge in [0.2, 0.25) is 0 Å². The minimum atomic E-state index is 0.108. The summed E-state index contributed by atoms with van der Waals surface area (Å²) in [5, 5.41) is 10.5. The Kier molecular flexibility index (Phi) is 6.09. The maximum atomic E-state index is 9.46. The summed E-state index contributed by atoms with van der Waals surface area (Å²) in [7, 11) is 0. The third-order valence-corrected chi connectivity index (χ3v) is 4.29. The van der Waals surface area contributed by atoms with Crippen LogP contribution >= 0.6 is 11.3 Å². The highest BCUT2D eigenvalue weighted by atomic mass is 32.1. The average Bonchev–Trinajstić information content (AvgIpc) is 2.78. The van der Waals surface area contributed by atoms with Gasteiger partial charge in [-0.25, -0.2) is 4.98 Å². The van der Waals surface area contributed by atoms with Gasteiger partial charge in [0, 0.05) is 13.1 Å². The van der Waals surface area contributed by atoms with E-state index in [0.29, 0.717) is 11.8 Å². The lowest BCUT2D eigenvalue weighted by Gasteiger charge is -2.21. The summed E-state index contributed by atoms with van der Waals surface area (Å²) in [6.07, 6.45) is 1.06. The van der Waals surface area contributed by atoms with Gasteiger partial charge < -0.3 is 10.0 Å². The van der Waals surface area contributed by atoms with Crippen molar-refractivity contribution in [3.63, 3.8) is 0 Å². The first-order valence-electron chi connectivity index (χ1n) is 6.88. The SMILES string of the molecule is CCC(C)c1nc(N(CC)CC(C)C)sc1CO. The van der Waals surface area contributed by atoms with Crippen LogP contribution in [0, 0.1) is 5.92 Å². The van der Waals surface area contributed by atoms with Gasteiger partial charge in [-0.2, -0.15) is 0 Å². The first-order chi connectivity index (χ1) is 8.53. The Labute approximate surface area is 115 Å². The van der Waals surface area contributed by atoms with Crippen LogP contribution < -0.4 is 4.90 Å². The van der Waals surface area contributed by atoms with Crippen LogP contribution in [0.25, 0.3) is 0 Å². The van der Waals surface area contributed by atoms with E-state index in [4.69, 9.17) is 4.98 Å². The molecule has 1 aromatic heterocycles. The van der Waals surface area contributed by atoms with Gasteiger partial charge in [-0.05, 0) is 25.2 Å². The lowest BCUT2D eigenvalue weighted by Crippen LogP contribution is -2.27. The number of aromatic nitrogens is 1. The van der Waals surface area contributed by atoms with Crippen molar-refractivity contribution in [2.45, 2.75) is 53.6 Å². The first kappa shape index (κ1) is 15.4. The molecule has 0 radical (unpaired) electrons. The molecule has 1 N–H and O–H groups in total. The van der Waals surface area contributed by atoms with Gasteiger partial charge in [-0.3, -0.25) is 0 Å². The number of nitrogens with zero attached hydrogens (tertiary/aromatic N) is 2. The van der Waals surface area contributed by atoms with Crippen molar-refractivity contribution in [1.82, 2.24) is 4.98 Å². The van der Waals surface area contributed by atoms with E-state index in [-0.39, 0.29) is 6.61 Å². The molecule has 0 aliphatic rings. The molecule has 1 heterocycles. The summed E-state index contributed by atoms with van der Waals surface area (Å²) in [4.78, 5) is 8.10. The van der Waals surface area contributed by atoms with Gasteiger partial charge >= 0.3 is 0 Å². The lowest BCUT2D eigenvalue weighted by molar-refractivity contribution is 0.283. The highest BCUT2D eigenvalue weighted by Crippen LogP contribution is 2.32. The Balaban J connectivity index is 2.98. The smallest absolute Gasteiger partial charge is 0.185 e. The fourth-order valence-corrected chi connectivity index (χ4v) is 3.07. The van der Waals surface area contributed by atoms with Gasteiger partial charge in [0.1, 0.15) is 0 Å². The van der Waals surface area contributed by atoms with Crippen LogP contribution in [0.3, 0.4) is 0 Å². The standard InChI is InChI=1S/C14H26N2OS/c1-6-11(5)13-12(9-17)18-14(15-13)16(7-2)8-10(3)4/h10-11,17H,6-9H2,1-5H3. The lowest BCUT2D eigenvalue weighted by atomic mass is 10.0. The molecule has 0 saturated heterocycles. The van der Waals surface area contributed by atoms with Gasteiger partial charge in [0.25, 0.3) is 0 Å². The Hall–Kier alpha value is -0.610. The zero-order chi connectivity index (χ0) is 13.7. The maximum absolute atomic E-state index is 9.46. The number of aliphatic hydroxyl groups excluding tert-OH is 1. The second kappa shape index (κ2) is 7.10. The molecule has 18 heavy (non-hydrogen) atoms.